The number of hydrogen-bond acceptors (Lipinski definition) is 6. The third-order valence-corrected chi connectivity index (χ3v) is 6.20. The topological polar surface area (TPSA) is 71.5 Å². The molecule has 8 heteroatoms. The first-order chi connectivity index (χ1) is 14.2. The molecule has 1 atom stereocenters. The number of amides is 2. The Morgan fingerprint density at radius 1 is 1.10 bits per heavy atom. The van der Waals surface area contributed by atoms with E-state index in [1.54, 1.807) is 0 Å². The van der Waals surface area contributed by atoms with Gasteiger partial charge in [0.05, 0.1) is 11.6 Å². The lowest BCUT2D eigenvalue weighted by atomic mass is 10.2. The fourth-order valence-electron chi connectivity index (χ4n) is 2.90. The van der Waals surface area contributed by atoms with Crippen LogP contribution in [0.5, 0.6) is 0 Å². The highest BCUT2D eigenvalue weighted by Gasteiger charge is 2.36. The van der Waals surface area contributed by atoms with Gasteiger partial charge in [-0.2, -0.15) is 0 Å². The third kappa shape index (κ3) is 4.78. The van der Waals surface area contributed by atoms with Crippen LogP contribution < -0.4 is 5.32 Å². The molecule has 1 aromatic heterocycles. The molecule has 0 unspecified atom stereocenters. The van der Waals surface area contributed by atoms with Gasteiger partial charge in [-0.1, -0.05) is 60.7 Å². The summed E-state index contributed by atoms with van der Waals surface area (Å²) in [6.07, 6.45) is -0.483. The summed E-state index contributed by atoms with van der Waals surface area (Å²) in [5.41, 5.74) is 2.71. The van der Waals surface area contributed by atoms with Crippen molar-refractivity contribution < 1.29 is 14.3 Å². The Balaban J connectivity index is 1.36. The van der Waals surface area contributed by atoms with Crippen molar-refractivity contribution in [1.29, 1.82) is 0 Å². The number of ether oxygens (including phenoxy) is 1. The quantitative estimate of drug-likeness (QED) is 0.653. The highest BCUT2D eigenvalue weighted by atomic mass is 32.2. The molecule has 1 saturated heterocycles. The summed E-state index contributed by atoms with van der Waals surface area (Å²) in [6, 6.07) is 18.7. The minimum absolute atomic E-state index is 0.183. The van der Waals surface area contributed by atoms with Crippen LogP contribution in [0.25, 0.3) is 11.3 Å². The normalized spacial score (nSPS) is 15.9. The highest BCUT2D eigenvalue weighted by molar-refractivity contribution is 7.99. The molecule has 1 N–H and O–H groups in total. The van der Waals surface area contributed by atoms with E-state index < -0.39 is 12.1 Å². The lowest BCUT2D eigenvalue weighted by molar-refractivity contribution is -0.119. The van der Waals surface area contributed by atoms with Gasteiger partial charge < -0.3 is 10.1 Å². The molecular weight excluding hydrogens is 406 g/mol. The van der Waals surface area contributed by atoms with Gasteiger partial charge in [-0.05, 0) is 5.56 Å². The van der Waals surface area contributed by atoms with E-state index in [-0.39, 0.29) is 12.5 Å². The largest absolute Gasteiger partial charge is 0.445 e. The fourth-order valence-corrected chi connectivity index (χ4v) is 4.77. The Morgan fingerprint density at radius 3 is 2.59 bits per heavy atom. The van der Waals surface area contributed by atoms with Crippen LogP contribution in [0.1, 0.15) is 5.56 Å². The number of thioether (sulfide) groups is 1. The monoisotopic (exact) mass is 425 g/mol. The van der Waals surface area contributed by atoms with E-state index in [0.717, 1.165) is 16.8 Å². The van der Waals surface area contributed by atoms with E-state index in [1.807, 2.05) is 66.0 Å². The molecule has 4 rings (SSSR count). The number of benzene rings is 2. The van der Waals surface area contributed by atoms with Gasteiger partial charge in [0.2, 0.25) is 5.91 Å². The second kappa shape index (κ2) is 9.11. The van der Waals surface area contributed by atoms with Crippen LogP contribution in [-0.4, -0.2) is 39.6 Å². The van der Waals surface area contributed by atoms with Crippen molar-refractivity contribution in [2.45, 2.75) is 12.6 Å². The fraction of sp³-hybridized carbons (Fsp3) is 0.190. The van der Waals surface area contributed by atoms with Gasteiger partial charge in [-0.3, -0.25) is 9.69 Å². The van der Waals surface area contributed by atoms with Crippen molar-refractivity contribution in [3.8, 4) is 11.3 Å². The van der Waals surface area contributed by atoms with Crippen molar-refractivity contribution in [1.82, 2.24) is 9.88 Å². The summed E-state index contributed by atoms with van der Waals surface area (Å²) >= 11 is 2.89. The first-order valence-corrected chi connectivity index (χ1v) is 11.1. The van der Waals surface area contributed by atoms with E-state index in [2.05, 4.69) is 10.3 Å². The number of anilines is 1. The number of nitrogens with one attached hydrogen (secondary N) is 1. The van der Waals surface area contributed by atoms with Gasteiger partial charge in [0.15, 0.2) is 5.13 Å². The maximum absolute atomic E-state index is 12.7. The Morgan fingerprint density at radius 2 is 1.83 bits per heavy atom. The number of thiazole rings is 1. The molecule has 0 aliphatic carbocycles. The SMILES string of the molecule is O=C(Nc1nc(-c2ccccc2)cs1)[C@H]1CSCN1C(=O)OCc1ccccc1. The number of nitrogens with zero attached hydrogens (tertiary/aromatic N) is 2. The zero-order valence-electron chi connectivity index (χ0n) is 15.5. The summed E-state index contributed by atoms with van der Waals surface area (Å²) in [5.74, 6) is 0.711. The predicted molar refractivity (Wildman–Crippen MR) is 116 cm³/mol. The zero-order valence-corrected chi connectivity index (χ0v) is 17.1. The highest BCUT2D eigenvalue weighted by Crippen LogP contribution is 2.27. The first-order valence-electron chi connectivity index (χ1n) is 9.07. The van der Waals surface area contributed by atoms with E-state index in [4.69, 9.17) is 4.74 Å². The van der Waals surface area contributed by atoms with E-state index in [0.29, 0.717) is 16.8 Å². The van der Waals surface area contributed by atoms with E-state index >= 15 is 0 Å². The first kappa shape index (κ1) is 19.5. The summed E-state index contributed by atoms with van der Waals surface area (Å²) in [7, 11) is 0. The Kier molecular flexibility index (Phi) is 6.12. The number of hydrogen-bond donors (Lipinski definition) is 1. The molecule has 0 saturated carbocycles. The Hall–Kier alpha value is -2.84. The van der Waals surface area contributed by atoms with Gasteiger partial charge in [0.1, 0.15) is 12.6 Å². The molecule has 29 heavy (non-hydrogen) atoms. The molecule has 148 valence electrons. The summed E-state index contributed by atoms with van der Waals surface area (Å²) in [6.45, 7) is 0.183. The second-order valence-corrected chi connectivity index (χ2v) is 8.28. The Bertz CT molecular complexity index is 979. The number of carbonyl (C=O) groups is 2. The molecule has 0 radical (unpaired) electrons. The molecule has 1 fully saturated rings. The van der Waals surface area contributed by atoms with Gasteiger partial charge in [0, 0.05) is 16.7 Å². The third-order valence-electron chi connectivity index (χ3n) is 4.43. The van der Waals surface area contributed by atoms with Gasteiger partial charge >= 0.3 is 6.09 Å². The lowest BCUT2D eigenvalue weighted by Gasteiger charge is -2.22. The summed E-state index contributed by atoms with van der Waals surface area (Å²) < 4.78 is 5.39. The maximum atomic E-state index is 12.7. The van der Waals surface area contributed by atoms with Crippen LogP contribution in [0.3, 0.4) is 0 Å². The summed E-state index contributed by atoms with van der Waals surface area (Å²) in [4.78, 5) is 31.2. The molecule has 1 aliphatic rings. The van der Waals surface area contributed by atoms with Crippen LogP contribution in [0, 0.1) is 0 Å². The molecule has 2 amide bonds. The minimum atomic E-state index is -0.577. The standard InChI is InChI=1S/C21H19N3O3S2/c25-19(23-20-22-17(12-29-20)16-9-5-2-6-10-16)18-13-28-14-24(18)21(26)27-11-15-7-3-1-4-8-15/h1-10,12,18H,11,13-14H2,(H,22,23,25)/t18-/m1/s1. The van der Waals surface area contributed by atoms with Crippen LogP contribution in [0.15, 0.2) is 66.0 Å². The zero-order chi connectivity index (χ0) is 20.1. The number of rotatable bonds is 5. The summed E-state index contributed by atoms with van der Waals surface area (Å²) in [5, 5.41) is 5.26. The second-order valence-electron chi connectivity index (χ2n) is 6.42. The Labute approximate surface area is 176 Å². The van der Waals surface area contributed by atoms with Gasteiger partial charge in [-0.15, -0.1) is 23.1 Å². The molecular formula is C21H19N3O3S2. The van der Waals surface area contributed by atoms with Gasteiger partial charge in [0.25, 0.3) is 0 Å². The number of carbonyl (C=O) groups excluding carboxylic acids is 2. The van der Waals surface area contributed by atoms with E-state index in [1.165, 1.54) is 28.0 Å². The van der Waals surface area contributed by atoms with Crippen molar-refractivity contribution in [2.75, 3.05) is 16.9 Å². The number of aromatic nitrogens is 1. The molecule has 6 nitrogen and oxygen atoms in total. The average Bonchev–Trinajstić information content (AvgIpc) is 3.43. The maximum Gasteiger partial charge on any atom is 0.411 e. The molecule has 2 aromatic carbocycles. The predicted octanol–water partition coefficient (Wildman–Crippen LogP) is 4.46. The van der Waals surface area contributed by atoms with Crippen LogP contribution in [-0.2, 0) is 16.1 Å². The van der Waals surface area contributed by atoms with E-state index in [9.17, 15) is 9.59 Å². The molecule has 1 aliphatic heterocycles. The molecule has 0 spiro atoms. The molecule has 2 heterocycles. The van der Waals surface area contributed by atoms with Crippen molar-refractivity contribution >= 4 is 40.2 Å². The molecule has 3 aromatic rings. The minimum Gasteiger partial charge on any atom is -0.445 e. The average molecular weight is 426 g/mol. The lowest BCUT2D eigenvalue weighted by Crippen LogP contribution is -2.44. The van der Waals surface area contributed by atoms with Crippen molar-refractivity contribution in [3.05, 3.63) is 71.6 Å². The smallest absolute Gasteiger partial charge is 0.411 e. The van der Waals surface area contributed by atoms with Crippen LogP contribution in [0.2, 0.25) is 0 Å². The van der Waals surface area contributed by atoms with Gasteiger partial charge in [-0.25, -0.2) is 9.78 Å². The van der Waals surface area contributed by atoms with Crippen LogP contribution >= 0.6 is 23.1 Å². The van der Waals surface area contributed by atoms with Crippen LogP contribution in [0.4, 0.5) is 9.93 Å². The van der Waals surface area contributed by atoms with Crippen molar-refractivity contribution in [3.63, 3.8) is 0 Å². The molecule has 0 bridgehead atoms. The van der Waals surface area contributed by atoms with Crippen molar-refractivity contribution in [2.24, 2.45) is 0 Å².